The average Bonchev–Trinajstić information content (AvgIpc) is 2.83. The first-order valence-electron chi connectivity index (χ1n) is 5.54. The van der Waals surface area contributed by atoms with Gasteiger partial charge in [0.15, 0.2) is 0 Å². The standard InChI is InChI=1S/C13H15NOS2/c1-2-8-15-10-5-3-6-11(13(10)14)17-12-7-4-9-16-12/h3-7,9H,2,8,14H2,1H3. The Hall–Kier alpha value is -1.13. The van der Waals surface area contributed by atoms with Gasteiger partial charge in [0.25, 0.3) is 0 Å². The van der Waals surface area contributed by atoms with E-state index in [-0.39, 0.29) is 0 Å². The summed E-state index contributed by atoms with van der Waals surface area (Å²) in [5, 5.41) is 2.07. The van der Waals surface area contributed by atoms with Crippen LogP contribution in [-0.2, 0) is 0 Å². The van der Waals surface area contributed by atoms with Crippen LogP contribution in [0.4, 0.5) is 5.69 Å². The fraction of sp³-hybridized carbons (Fsp3) is 0.231. The van der Waals surface area contributed by atoms with Crippen molar-refractivity contribution in [2.75, 3.05) is 12.3 Å². The Morgan fingerprint density at radius 2 is 2.18 bits per heavy atom. The largest absolute Gasteiger partial charge is 0.491 e. The summed E-state index contributed by atoms with van der Waals surface area (Å²) in [5.41, 5.74) is 6.83. The number of thiophene rings is 1. The molecule has 0 saturated heterocycles. The van der Waals surface area contributed by atoms with Crippen molar-refractivity contribution in [3.8, 4) is 5.75 Å². The quantitative estimate of drug-likeness (QED) is 0.820. The van der Waals surface area contributed by atoms with Crippen molar-refractivity contribution in [1.29, 1.82) is 0 Å². The van der Waals surface area contributed by atoms with Crippen LogP contribution in [0.5, 0.6) is 5.75 Å². The smallest absolute Gasteiger partial charge is 0.143 e. The molecule has 1 heterocycles. The first-order valence-corrected chi connectivity index (χ1v) is 7.23. The maximum Gasteiger partial charge on any atom is 0.143 e. The molecule has 1 aromatic carbocycles. The summed E-state index contributed by atoms with van der Waals surface area (Å²) >= 11 is 3.40. The van der Waals surface area contributed by atoms with Gasteiger partial charge in [-0.05, 0) is 30.0 Å². The number of anilines is 1. The van der Waals surface area contributed by atoms with Crippen LogP contribution in [0.15, 0.2) is 44.8 Å². The van der Waals surface area contributed by atoms with Gasteiger partial charge in [-0.25, -0.2) is 0 Å². The minimum atomic E-state index is 0.706. The van der Waals surface area contributed by atoms with E-state index in [0.29, 0.717) is 6.61 Å². The van der Waals surface area contributed by atoms with E-state index in [2.05, 4.69) is 18.4 Å². The molecule has 4 heteroatoms. The van der Waals surface area contributed by atoms with Crippen LogP contribution in [0.2, 0.25) is 0 Å². The van der Waals surface area contributed by atoms with E-state index in [4.69, 9.17) is 10.5 Å². The molecule has 0 atom stereocenters. The van der Waals surface area contributed by atoms with Crippen LogP contribution in [0, 0.1) is 0 Å². The van der Waals surface area contributed by atoms with E-state index in [0.717, 1.165) is 22.8 Å². The highest BCUT2D eigenvalue weighted by atomic mass is 32.2. The molecule has 0 unspecified atom stereocenters. The zero-order chi connectivity index (χ0) is 12.1. The minimum absolute atomic E-state index is 0.706. The Bertz CT molecular complexity index is 468. The minimum Gasteiger partial charge on any atom is -0.491 e. The Labute approximate surface area is 110 Å². The Balaban J connectivity index is 2.17. The van der Waals surface area contributed by atoms with E-state index < -0.39 is 0 Å². The molecule has 2 aromatic rings. The molecule has 90 valence electrons. The van der Waals surface area contributed by atoms with Gasteiger partial charge >= 0.3 is 0 Å². The monoisotopic (exact) mass is 265 g/mol. The number of hydrogen-bond acceptors (Lipinski definition) is 4. The number of hydrogen-bond donors (Lipinski definition) is 1. The first kappa shape index (κ1) is 12.3. The normalized spacial score (nSPS) is 10.4. The van der Waals surface area contributed by atoms with Crippen LogP contribution in [-0.4, -0.2) is 6.61 Å². The van der Waals surface area contributed by atoms with Gasteiger partial charge in [0, 0.05) is 4.90 Å². The summed E-state index contributed by atoms with van der Waals surface area (Å²) in [6, 6.07) is 10.1. The lowest BCUT2D eigenvalue weighted by atomic mass is 10.3. The molecule has 2 nitrogen and oxygen atoms in total. The molecule has 0 aliphatic carbocycles. The lowest BCUT2D eigenvalue weighted by Crippen LogP contribution is -1.99. The fourth-order valence-corrected chi connectivity index (χ4v) is 3.18. The molecule has 0 aliphatic rings. The highest BCUT2D eigenvalue weighted by Gasteiger charge is 2.07. The predicted octanol–water partition coefficient (Wildman–Crippen LogP) is 4.27. The number of benzene rings is 1. The molecular formula is C13H15NOS2. The Kier molecular flexibility index (Phi) is 4.34. The summed E-state index contributed by atoms with van der Waals surface area (Å²) in [7, 11) is 0. The molecule has 0 bridgehead atoms. The molecule has 0 spiro atoms. The molecule has 0 saturated carbocycles. The lowest BCUT2D eigenvalue weighted by molar-refractivity contribution is 0.318. The highest BCUT2D eigenvalue weighted by molar-refractivity contribution is 8.01. The van der Waals surface area contributed by atoms with Crippen molar-refractivity contribution >= 4 is 28.8 Å². The summed E-state index contributed by atoms with van der Waals surface area (Å²) in [6.45, 7) is 2.79. The molecule has 2 N–H and O–H groups in total. The second kappa shape index (κ2) is 5.98. The third-order valence-electron chi connectivity index (χ3n) is 2.19. The molecule has 0 amide bonds. The van der Waals surface area contributed by atoms with Crippen LogP contribution < -0.4 is 10.5 Å². The molecule has 1 aromatic heterocycles. The van der Waals surface area contributed by atoms with Crippen molar-refractivity contribution in [3.63, 3.8) is 0 Å². The highest BCUT2D eigenvalue weighted by Crippen LogP contribution is 2.38. The van der Waals surface area contributed by atoms with Gasteiger partial charge < -0.3 is 10.5 Å². The summed E-state index contributed by atoms with van der Waals surface area (Å²) < 4.78 is 6.85. The van der Waals surface area contributed by atoms with Crippen LogP contribution >= 0.6 is 23.1 Å². The Morgan fingerprint density at radius 1 is 1.29 bits per heavy atom. The van der Waals surface area contributed by atoms with E-state index in [1.54, 1.807) is 23.1 Å². The molecule has 0 radical (unpaired) electrons. The fourth-order valence-electron chi connectivity index (χ4n) is 1.38. The van der Waals surface area contributed by atoms with E-state index in [1.807, 2.05) is 24.3 Å². The molecule has 0 aliphatic heterocycles. The summed E-state index contributed by atoms with van der Waals surface area (Å²) in [5.74, 6) is 0.786. The predicted molar refractivity (Wildman–Crippen MR) is 75.1 cm³/mol. The van der Waals surface area contributed by atoms with Crippen molar-refractivity contribution in [2.45, 2.75) is 22.4 Å². The maximum atomic E-state index is 6.10. The third-order valence-corrected chi connectivity index (χ3v) is 4.31. The third kappa shape index (κ3) is 3.17. The van der Waals surface area contributed by atoms with Crippen LogP contribution in [0.1, 0.15) is 13.3 Å². The zero-order valence-corrected chi connectivity index (χ0v) is 11.3. The Morgan fingerprint density at radius 3 is 2.88 bits per heavy atom. The lowest BCUT2D eigenvalue weighted by Gasteiger charge is -2.10. The van der Waals surface area contributed by atoms with Gasteiger partial charge in [0.2, 0.25) is 0 Å². The number of para-hydroxylation sites is 1. The van der Waals surface area contributed by atoms with E-state index >= 15 is 0 Å². The van der Waals surface area contributed by atoms with Crippen LogP contribution in [0.25, 0.3) is 0 Å². The molecule has 0 fully saturated rings. The van der Waals surface area contributed by atoms with Gasteiger partial charge in [-0.2, -0.15) is 0 Å². The summed E-state index contributed by atoms with van der Waals surface area (Å²) in [4.78, 5) is 1.06. The molecular weight excluding hydrogens is 250 g/mol. The van der Waals surface area contributed by atoms with Gasteiger partial charge in [0.05, 0.1) is 16.5 Å². The van der Waals surface area contributed by atoms with Gasteiger partial charge in [-0.1, -0.05) is 30.8 Å². The van der Waals surface area contributed by atoms with Gasteiger partial charge in [0.1, 0.15) is 5.75 Å². The van der Waals surface area contributed by atoms with Crippen molar-refractivity contribution in [3.05, 3.63) is 35.7 Å². The van der Waals surface area contributed by atoms with Crippen molar-refractivity contribution in [1.82, 2.24) is 0 Å². The second-order valence-electron chi connectivity index (χ2n) is 3.55. The second-order valence-corrected chi connectivity index (χ2v) is 5.84. The average molecular weight is 265 g/mol. The first-order chi connectivity index (χ1) is 8.31. The molecule has 2 rings (SSSR count). The SMILES string of the molecule is CCCOc1cccc(Sc2cccs2)c1N. The van der Waals surface area contributed by atoms with Crippen molar-refractivity contribution in [2.24, 2.45) is 0 Å². The number of nitrogen functional groups attached to an aromatic ring is 1. The number of ether oxygens (including phenoxy) is 1. The van der Waals surface area contributed by atoms with E-state index in [9.17, 15) is 0 Å². The number of nitrogens with two attached hydrogens (primary N) is 1. The maximum absolute atomic E-state index is 6.10. The summed E-state index contributed by atoms with van der Waals surface area (Å²) in [6.07, 6.45) is 0.988. The molecule has 17 heavy (non-hydrogen) atoms. The zero-order valence-electron chi connectivity index (χ0n) is 9.68. The van der Waals surface area contributed by atoms with Crippen LogP contribution in [0.3, 0.4) is 0 Å². The van der Waals surface area contributed by atoms with Crippen molar-refractivity contribution < 1.29 is 4.74 Å². The van der Waals surface area contributed by atoms with Gasteiger partial charge in [-0.3, -0.25) is 0 Å². The number of rotatable bonds is 5. The topological polar surface area (TPSA) is 35.2 Å². The van der Waals surface area contributed by atoms with Gasteiger partial charge in [-0.15, -0.1) is 11.3 Å². The van der Waals surface area contributed by atoms with E-state index in [1.165, 1.54) is 4.21 Å².